The van der Waals surface area contributed by atoms with Crippen LogP contribution in [0.2, 0.25) is 0 Å². The molecule has 7 amide bonds. The standard InChI is InChI=1S/C35H51N5O9/c1-33(2,3)39-27(43)15-14-25(41)36-18-9-16-35(6,7)49-19-17-34(4,5)21-37-28(44)20-48-24-11-8-10-22-29(24)32(47)40(31(22)46)23-12-13-26(42)38-30(23)45/h8,10-11,23H,9,12-21H2,1-7H3,(H,36,41)(H,37,44)(H,39,43)(H,38,42,45). The lowest BCUT2D eigenvalue weighted by Crippen LogP contribution is -2.54. The highest BCUT2D eigenvalue weighted by atomic mass is 16.5. The van der Waals surface area contributed by atoms with Crippen molar-refractivity contribution < 1.29 is 43.0 Å². The molecule has 3 rings (SSSR count). The molecule has 4 N–H and O–H groups in total. The second-order valence-electron chi connectivity index (χ2n) is 15.0. The summed E-state index contributed by atoms with van der Waals surface area (Å²) in [6, 6.07) is 3.37. The molecular formula is C35H51N5O9. The van der Waals surface area contributed by atoms with Gasteiger partial charge >= 0.3 is 0 Å². The Balaban J connectivity index is 1.37. The highest BCUT2D eigenvalue weighted by Gasteiger charge is 2.46. The Morgan fingerprint density at radius 1 is 0.898 bits per heavy atom. The quantitative estimate of drug-likeness (QED) is 0.141. The summed E-state index contributed by atoms with van der Waals surface area (Å²) < 4.78 is 11.8. The molecule has 0 radical (unpaired) electrons. The van der Waals surface area contributed by atoms with Crippen molar-refractivity contribution in [1.29, 1.82) is 0 Å². The minimum Gasteiger partial charge on any atom is -0.483 e. The van der Waals surface area contributed by atoms with Gasteiger partial charge in [0.2, 0.25) is 23.6 Å². The largest absolute Gasteiger partial charge is 0.483 e. The van der Waals surface area contributed by atoms with E-state index < -0.39 is 47.8 Å². The molecule has 49 heavy (non-hydrogen) atoms. The van der Waals surface area contributed by atoms with E-state index in [1.54, 1.807) is 0 Å². The molecule has 1 aromatic carbocycles. The van der Waals surface area contributed by atoms with Crippen molar-refractivity contribution in [3.05, 3.63) is 29.3 Å². The van der Waals surface area contributed by atoms with E-state index in [1.165, 1.54) is 18.2 Å². The Morgan fingerprint density at radius 2 is 1.59 bits per heavy atom. The molecule has 0 aromatic heterocycles. The van der Waals surface area contributed by atoms with Crippen molar-refractivity contribution in [3.63, 3.8) is 0 Å². The number of carbonyl (C=O) groups is 7. The van der Waals surface area contributed by atoms with Crippen molar-refractivity contribution in [3.8, 4) is 5.75 Å². The first kappa shape index (κ1) is 39.1. The number of nitrogens with zero attached hydrogens (tertiary/aromatic N) is 1. The molecule has 1 saturated heterocycles. The molecule has 270 valence electrons. The van der Waals surface area contributed by atoms with Crippen LogP contribution >= 0.6 is 0 Å². The van der Waals surface area contributed by atoms with Crippen molar-refractivity contribution in [2.24, 2.45) is 5.41 Å². The van der Waals surface area contributed by atoms with Gasteiger partial charge in [0.05, 0.1) is 16.7 Å². The van der Waals surface area contributed by atoms with Gasteiger partial charge < -0.3 is 25.4 Å². The van der Waals surface area contributed by atoms with E-state index in [4.69, 9.17) is 9.47 Å². The first-order valence-corrected chi connectivity index (χ1v) is 16.7. The summed E-state index contributed by atoms with van der Waals surface area (Å²) in [4.78, 5) is 87.7. The van der Waals surface area contributed by atoms with Gasteiger partial charge in [-0.05, 0) is 77.8 Å². The Morgan fingerprint density at radius 3 is 2.27 bits per heavy atom. The third kappa shape index (κ3) is 11.9. The molecule has 2 aliphatic rings. The van der Waals surface area contributed by atoms with E-state index in [2.05, 4.69) is 21.3 Å². The van der Waals surface area contributed by atoms with Gasteiger partial charge in [0.1, 0.15) is 11.8 Å². The fourth-order valence-electron chi connectivity index (χ4n) is 5.44. The van der Waals surface area contributed by atoms with Crippen LogP contribution in [0.1, 0.15) is 114 Å². The number of carbonyl (C=O) groups excluding carboxylic acids is 7. The lowest BCUT2D eigenvalue weighted by atomic mass is 9.89. The highest BCUT2D eigenvalue weighted by molar-refractivity contribution is 6.24. The Kier molecular flexibility index (Phi) is 13.1. The Labute approximate surface area is 287 Å². The monoisotopic (exact) mass is 685 g/mol. The zero-order valence-corrected chi connectivity index (χ0v) is 29.7. The molecule has 2 aliphatic heterocycles. The van der Waals surface area contributed by atoms with Crippen LogP contribution in [0.3, 0.4) is 0 Å². The molecule has 0 bridgehead atoms. The second kappa shape index (κ2) is 16.4. The zero-order chi connectivity index (χ0) is 36.6. The van der Waals surface area contributed by atoms with Crippen LogP contribution in [0, 0.1) is 5.41 Å². The molecule has 14 nitrogen and oxygen atoms in total. The summed E-state index contributed by atoms with van der Waals surface area (Å²) in [5.41, 5.74) is -1.01. The van der Waals surface area contributed by atoms with E-state index in [0.29, 0.717) is 32.5 Å². The van der Waals surface area contributed by atoms with Crippen LogP contribution in [0.25, 0.3) is 0 Å². The third-order valence-corrected chi connectivity index (χ3v) is 8.20. The summed E-state index contributed by atoms with van der Waals surface area (Å²) in [7, 11) is 0. The maximum atomic E-state index is 13.2. The Hall–Kier alpha value is -4.33. The predicted molar refractivity (Wildman–Crippen MR) is 179 cm³/mol. The summed E-state index contributed by atoms with van der Waals surface area (Å²) in [5.74, 6) is -3.21. The molecule has 1 aromatic rings. The summed E-state index contributed by atoms with van der Waals surface area (Å²) in [5, 5.41) is 10.7. The number of imide groups is 2. The van der Waals surface area contributed by atoms with Crippen LogP contribution in [0.4, 0.5) is 0 Å². The van der Waals surface area contributed by atoms with E-state index in [1.807, 2.05) is 48.5 Å². The Bertz CT molecular complexity index is 1450. The molecule has 14 heteroatoms. The number of benzene rings is 1. The first-order chi connectivity index (χ1) is 22.8. The van der Waals surface area contributed by atoms with Gasteiger partial charge in [0.25, 0.3) is 17.7 Å². The number of amides is 7. The van der Waals surface area contributed by atoms with Gasteiger partial charge in [0, 0.05) is 44.5 Å². The molecule has 0 aliphatic carbocycles. The smallest absolute Gasteiger partial charge is 0.266 e. The minimum absolute atomic E-state index is 0.0108. The van der Waals surface area contributed by atoms with Crippen LogP contribution in [-0.2, 0) is 28.7 Å². The molecule has 1 fully saturated rings. The lowest BCUT2D eigenvalue weighted by molar-refractivity contribution is -0.136. The fourth-order valence-corrected chi connectivity index (χ4v) is 5.44. The number of hydrogen-bond donors (Lipinski definition) is 4. The van der Waals surface area contributed by atoms with Gasteiger partial charge in [-0.25, -0.2) is 0 Å². The maximum absolute atomic E-state index is 13.2. The number of rotatable bonds is 17. The molecule has 1 unspecified atom stereocenters. The minimum atomic E-state index is -1.10. The van der Waals surface area contributed by atoms with Gasteiger partial charge in [-0.1, -0.05) is 19.9 Å². The summed E-state index contributed by atoms with van der Waals surface area (Å²) in [6.45, 7) is 14.5. The van der Waals surface area contributed by atoms with E-state index >= 15 is 0 Å². The van der Waals surface area contributed by atoms with Gasteiger partial charge in [-0.15, -0.1) is 0 Å². The van der Waals surface area contributed by atoms with Crippen molar-refractivity contribution >= 4 is 41.4 Å². The zero-order valence-electron chi connectivity index (χ0n) is 29.7. The van der Waals surface area contributed by atoms with E-state index in [0.717, 1.165) is 11.3 Å². The number of nitrogens with one attached hydrogen (secondary N) is 4. The number of hydrogen-bond acceptors (Lipinski definition) is 9. The summed E-state index contributed by atoms with van der Waals surface area (Å²) in [6.07, 6.45) is 2.42. The maximum Gasteiger partial charge on any atom is 0.266 e. The van der Waals surface area contributed by atoms with Gasteiger partial charge in [-0.3, -0.25) is 43.8 Å². The van der Waals surface area contributed by atoms with Crippen LogP contribution < -0.4 is 26.0 Å². The topological polar surface area (TPSA) is 189 Å². The number of piperidine rings is 1. The molecule has 0 spiro atoms. The average Bonchev–Trinajstić information content (AvgIpc) is 3.25. The van der Waals surface area contributed by atoms with Crippen LogP contribution in [0.15, 0.2) is 18.2 Å². The highest BCUT2D eigenvalue weighted by Crippen LogP contribution is 2.33. The number of ether oxygens (including phenoxy) is 2. The van der Waals surface area contributed by atoms with Crippen molar-refractivity contribution in [2.45, 2.75) is 111 Å². The molecule has 2 heterocycles. The lowest BCUT2D eigenvalue weighted by Gasteiger charge is -2.30. The molecule has 0 saturated carbocycles. The fraction of sp³-hybridized carbons (Fsp3) is 0.629. The van der Waals surface area contributed by atoms with Gasteiger partial charge in [-0.2, -0.15) is 0 Å². The summed E-state index contributed by atoms with van der Waals surface area (Å²) >= 11 is 0. The van der Waals surface area contributed by atoms with E-state index in [-0.39, 0.29) is 65.3 Å². The van der Waals surface area contributed by atoms with Gasteiger partial charge in [0.15, 0.2) is 6.61 Å². The van der Waals surface area contributed by atoms with E-state index in [9.17, 15) is 33.6 Å². The first-order valence-electron chi connectivity index (χ1n) is 16.7. The third-order valence-electron chi connectivity index (χ3n) is 8.20. The van der Waals surface area contributed by atoms with Crippen molar-refractivity contribution in [2.75, 3.05) is 26.3 Å². The normalized spacial score (nSPS) is 16.6. The average molecular weight is 686 g/mol. The molecular weight excluding hydrogens is 634 g/mol. The van der Waals surface area contributed by atoms with Crippen LogP contribution in [0.5, 0.6) is 5.75 Å². The van der Waals surface area contributed by atoms with Crippen LogP contribution in [-0.4, -0.2) is 89.7 Å². The SMILES string of the molecule is CC(C)(CCOC(C)(C)CCCNC(=O)CCC(=O)NC(C)(C)C)CNC(=O)COc1cccc2c1C(=O)N(C1CCC(=O)NC1=O)C2=O. The van der Waals surface area contributed by atoms with Crippen molar-refractivity contribution in [1.82, 2.24) is 26.2 Å². The molecule has 1 atom stereocenters. The second-order valence-corrected chi connectivity index (χ2v) is 15.0. The number of fused-ring (bicyclic) bond motifs is 1. The predicted octanol–water partition coefficient (Wildman–Crippen LogP) is 2.39.